The quantitative estimate of drug-likeness (QED) is 0.604. The summed E-state index contributed by atoms with van der Waals surface area (Å²) in [5, 5.41) is 0. The summed E-state index contributed by atoms with van der Waals surface area (Å²) in [7, 11) is 0. The second-order valence-electron chi connectivity index (χ2n) is 3.63. The third-order valence-corrected chi connectivity index (χ3v) is 2.34. The predicted molar refractivity (Wildman–Crippen MR) is 63.1 cm³/mol. The van der Waals surface area contributed by atoms with Gasteiger partial charge >= 0.3 is 0 Å². The maximum absolute atomic E-state index is 11.7. The van der Waals surface area contributed by atoms with Crippen molar-refractivity contribution in [3.8, 4) is 0 Å². The Morgan fingerprint density at radius 1 is 1.25 bits per heavy atom. The van der Waals surface area contributed by atoms with Crippen molar-refractivity contribution in [1.29, 1.82) is 0 Å². The lowest BCUT2D eigenvalue weighted by molar-refractivity contribution is -0.117. The third kappa shape index (κ3) is 3.05. The molecule has 0 aliphatic heterocycles. The molecule has 3 nitrogen and oxygen atoms in total. The summed E-state index contributed by atoms with van der Waals surface area (Å²) >= 11 is 0. The number of hydrogen-bond acceptors (Lipinski definition) is 2. The third-order valence-electron chi connectivity index (χ3n) is 2.34. The highest BCUT2D eigenvalue weighted by Gasteiger charge is 2.08. The van der Waals surface area contributed by atoms with Crippen LogP contribution in [0, 0.1) is 0 Å². The van der Waals surface area contributed by atoms with Crippen LogP contribution in [-0.2, 0) is 11.2 Å². The first-order valence-electron chi connectivity index (χ1n) is 5.14. The summed E-state index contributed by atoms with van der Waals surface area (Å²) in [6.45, 7) is 5.59. The standard InChI is InChI=1S/C13H15NO2/c1-3-9(2)13(16)11-6-4-10(5-7-11)8-12(14)15/h4-7H,2-3,8H2,1H3,(H2,14,15). The average Bonchev–Trinajstić information content (AvgIpc) is 2.27. The molecular formula is C13H15NO2. The van der Waals surface area contributed by atoms with E-state index in [2.05, 4.69) is 6.58 Å². The Bertz CT molecular complexity index is 418. The molecule has 84 valence electrons. The topological polar surface area (TPSA) is 60.2 Å². The molecule has 0 radical (unpaired) electrons. The van der Waals surface area contributed by atoms with Crippen LogP contribution in [0.4, 0.5) is 0 Å². The molecule has 0 spiro atoms. The Morgan fingerprint density at radius 3 is 2.25 bits per heavy atom. The van der Waals surface area contributed by atoms with E-state index in [1.807, 2.05) is 6.92 Å². The van der Waals surface area contributed by atoms with Gasteiger partial charge in [0.05, 0.1) is 6.42 Å². The Hall–Kier alpha value is -1.90. The molecule has 16 heavy (non-hydrogen) atoms. The van der Waals surface area contributed by atoms with Crippen molar-refractivity contribution in [3.63, 3.8) is 0 Å². The Labute approximate surface area is 95.0 Å². The number of Topliss-reactive ketones (excluding diaryl/α,β-unsaturated/α-hetero) is 1. The summed E-state index contributed by atoms with van der Waals surface area (Å²) < 4.78 is 0. The maximum atomic E-state index is 11.7. The van der Waals surface area contributed by atoms with Crippen molar-refractivity contribution in [2.24, 2.45) is 5.73 Å². The van der Waals surface area contributed by atoms with Crippen LogP contribution in [0.25, 0.3) is 0 Å². The zero-order valence-corrected chi connectivity index (χ0v) is 9.32. The first-order chi connectivity index (χ1) is 7.54. The highest BCUT2D eigenvalue weighted by molar-refractivity contribution is 6.08. The van der Waals surface area contributed by atoms with Crippen molar-refractivity contribution in [2.75, 3.05) is 0 Å². The molecular weight excluding hydrogens is 202 g/mol. The first kappa shape index (κ1) is 12.2. The van der Waals surface area contributed by atoms with Gasteiger partial charge in [0.2, 0.25) is 5.91 Å². The SMILES string of the molecule is C=C(CC)C(=O)c1ccc(CC(N)=O)cc1. The molecule has 0 unspecified atom stereocenters. The van der Waals surface area contributed by atoms with Crippen LogP contribution in [0.5, 0.6) is 0 Å². The van der Waals surface area contributed by atoms with Gasteiger partial charge in [-0.05, 0) is 17.6 Å². The Morgan fingerprint density at radius 2 is 1.81 bits per heavy atom. The number of allylic oxidation sites excluding steroid dienone is 1. The molecule has 1 rings (SSSR count). The zero-order valence-electron chi connectivity index (χ0n) is 9.32. The largest absolute Gasteiger partial charge is 0.369 e. The number of ketones is 1. The van der Waals surface area contributed by atoms with Crippen molar-refractivity contribution in [1.82, 2.24) is 0 Å². The number of nitrogens with two attached hydrogens (primary N) is 1. The van der Waals surface area contributed by atoms with Crippen molar-refractivity contribution in [2.45, 2.75) is 19.8 Å². The molecule has 0 bridgehead atoms. The zero-order chi connectivity index (χ0) is 12.1. The van der Waals surface area contributed by atoms with E-state index >= 15 is 0 Å². The lowest BCUT2D eigenvalue weighted by Gasteiger charge is -2.03. The van der Waals surface area contributed by atoms with Crippen molar-refractivity contribution < 1.29 is 9.59 Å². The van der Waals surface area contributed by atoms with Gasteiger partial charge in [0.25, 0.3) is 0 Å². The number of primary amides is 1. The van der Waals surface area contributed by atoms with E-state index in [0.717, 1.165) is 5.56 Å². The minimum absolute atomic E-state index is 0.0480. The van der Waals surface area contributed by atoms with Gasteiger partial charge in [-0.3, -0.25) is 9.59 Å². The number of benzene rings is 1. The van der Waals surface area contributed by atoms with Gasteiger partial charge < -0.3 is 5.73 Å². The normalized spacial score (nSPS) is 9.81. The fraction of sp³-hybridized carbons (Fsp3) is 0.231. The van der Waals surface area contributed by atoms with Crippen LogP contribution < -0.4 is 5.73 Å². The van der Waals surface area contributed by atoms with E-state index in [9.17, 15) is 9.59 Å². The number of rotatable bonds is 5. The maximum Gasteiger partial charge on any atom is 0.221 e. The van der Waals surface area contributed by atoms with Crippen molar-refractivity contribution in [3.05, 3.63) is 47.5 Å². The van der Waals surface area contributed by atoms with Crippen LogP contribution in [0.2, 0.25) is 0 Å². The molecule has 0 aliphatic carbocycles. The summed E-state index contributed by atoms with van der Waals surface area (Å²) in [6.07, 6.45) is 0.838. The fourth-order valence-corrected chi connectivity index (χ4v) is 1.34. The Balaban J connectivity index is 2.82. The molecule has 1 aromatic rings. The van der Waals surface area contributed by atoms with E-state index in [4.69, 9.17) is 5.73 Å². The predicted octanol–water partition coefficient (Wildman–Crippen LogP) is 1.86. The van der Waals surface area contributed by atoms with Crippen LogP contribution in [-0.4, -0.2) is 11.7 Å². The van der Waals surface area contributed by atoms with Crippen molar-refractivity contribution >= 4 is 11.7 Å². The molecule has 2 N–H and O–H groups in total. The van der Waals surface area contributed by atoms with Crippen LogP contribution >= 0.6 is 0 Å². The van der Waals surface area contributed by atoms with Gasteiger partial charge in [-0.1, -0.05) is 37.8 Å². The van der Waals surface area contributed by atoms with E-state index in [0.29, 0.717) is 17.6 Å². The molecule has 0 saturated carbocycles. The Kier molecular flexibility index (Phi) is 4.00. The summed E-state index contributed by atoms with van der Waals surface area (Å²) in [4.78, 5) is 22.4. The van der Waals surface area contributed by atoms with Crippen LogP contribution in [0.3, 0.4) is 0 Å². The molecule has 3 heteroatoms. The summed E-state index contributed by atoms with van der Waals surface area (Å²) in [5.41, 5.74) is 7.07. The molecule has 0 aliphatic rings. The molecule has 1 aromatic carbocycles. The number of amides is 1. The van der Waals surface area contributed by atoms with E-state index in [1.54, 1.807) is 24.3 Å². The second kappa shape index (κ2) is 5.26. The van der Waals surface area contributed by atoms with E-state index in [1.165, 1.54) is 0 Å². The number of carbonyl (C=O) groups is 2. The molecule has 0 saturated heterocycles. The van der Waals surface area contributed by atoms with Gasteiger partial charge in [-0.15, -0.1) is 0 Å². The molecule has 0 aromatic heterocycles. The fourth-order valence-electron chi connectivity index (χ4n) is 1.34. The minimum atomic E-state index is -0.378. The summed E-state index contributed by atoms with van der Waals surface area (Å²) in [5.74, 6) is -0.426. The lowest BCUT2D eigenvalue weighted by Crippen LogP contribution is -2.13. The molecule has 0 atom stereocenters. The smallest absolute Gasteiger partial charge is 0.221 e. The highest BCUT2D eigenvalue weighted by Crippen LogP contribution is 2.11. The second-order valence-corrected chi connectivity index (χ2v) is 3.63. The highest BCUT2D eigenvalue weighted by atomic mass is 16.1. The van der Waals surface area contributed by atoms with Gasteiger partial charge in [0.15, 0.2) is 5.78 Å². The lowest BCUT2D eigenvalue weighted by atomic mass is 10.0. The van der Waals surface area contributed by atoms with Crippen LogP contribution in [0.15, 0.2) is 36.4 Å². The van der Waals surface area contributed by atoms with E-state index in [-0.39, 0.29) is 18.1 Å². The summed E-state index contributed by atoms with van der Waals surface area (Å²) in [6, 6.07) is 6.87. The van der Waals surface area contributed by atoms with Crippen LogP contribution in [0.1, 0.15) is 29.3 Å². The minimum Gasteiger partial charge on any atom is -0.369 e. The van der Waals surface area contributed by atoms with Gasteiger partial charge in [0, 0.05) is 5.56 Å². The van der Waals surface area contributed by atoms with Gasteiger partial charge in [-0.25, -0.2) is 0 Å². The number of carbonyl (C=O) groups excluding carboxylic acids is 2. The van der Waals surface area contributed by atoms with Gasteiger partial charge in [0.1, 0.15) is 0 Å². The first-order valence-corrected chi connectivity index (χ1v) is 5.14. The molecule has 0 fully saturated rings. The molecule has 0 heterocycles. The molecule has 1 amide bonds. The number of hydrogen-bond donors (Lipinski definition) is 1. The average molecular weight is 217 g/mol. The van der Waals surface area contributed by atoms with Gasteiger partial charge in [-0.2, -0.15) is 0 Å². The monoisotopic (exact) mass is 217 g/mol. The van der Waals surface area contributed by atoms with E-state index < -0.39 is 0 Å².